The van der Waals surface area contributed by atoms with Crippen LogP contribution in [0.4, 0.5) is 0 Å². The van der Waals surface area contributed by atoms with E-state index in [0.29, 0.717) is 17.8 Å². The number of aliphatic hydroxyl groups excluding tert-OH is 3. The first-order chi connectivity index (χ1) is 15.2. The predicted molar refractivity (Wildman–Crippen MR) is 136 cm³/mol. The maximum absolute atomic E-state index is 11.8. The molecule has 3 heteroatoms. The third-order valence-corrected chi connectivity index (χ3v) is 11.6. The van der Waals surface area contributed by atoms with Crippen molar-refractivity contribution in [1.29, 1.82) is 0 Å². The molecule has 0 aromatic carbocycles. The number of fused-ring (bicyclic) bond motifs is 5. The zero-order valence-electron chi connectivity index (χ0n) is 22.5. The molecule has 10 atom stereocenters. The Hall–Kier alpha value is -0.640. The summed E-state index contributed by atoms with van der Waals surface area (Å²) in [5.41, 5.74) is 2.76. The largest absolute Gasteiger partial charge is 0.393 e. The Bertz CT molecular complexity index is 822. The molecule has 3 saturated carbocycles. The van der Waals surface area contributed by atoms with Gasteiger partial charge in [0.25, 0.3) is 0 Å². The van der Waals surface area contributed by atoms with E-state index in [4.69, 9.17) is 0 Å². The van der Waals surface area contributed by atoms with Gasteiger partial charge in [0.2, 0.25) is 0 Å². The number of rotatable bonds is 4. The monoisotopic (exact) mass is 458 g/mol. The van der Waals surface area contributed by atoms with Gasteiger partial charge in [0.1, 0.15) is 0 Å². The third kappa shape index (κ3) is 3.62. The normalized spacial score (nSPS) is 48.1. The average Bonchev–Trinajstić information content (AvgIpc) is 2.95. The van der Waals surface area contributed by atoms with E-state index in [2.05, 4.69) is 61.5 Å². The highest BCUT2D eigenvalue weighted by Gasteiger charge is 2.67. The minimum absolute atomic E-state index is 0.0416. The molecule has 0 aliphatic heterocycles. The fraction of sp³-hybridized carbons (Fsp3) is 0.867. The first-order valence-corrected chi connectivity index (χ1v) is 13.6. The van der Waals surface area contributed by atoms with Gasteiger partial charge in [-0.3, -0.25) is 0 Å². The highest BCUT2D eigenvalue weighted by atomic mass is 16.3. The fourth-order valence-electron chi connectivity index (χ4n) is 9.73. The van der Waals surface area contributed by atoms with Crippen LogP contribution in [0.25, 0.3) is 0 Å². The van der Waals surface area contributed by atoms with Gasteiger partial charge in [-0.05, 0) is 98.2 Å². The summed E-state index contributed by atoms with van der Waals surface area (Å²) in [7, 11) is 0. The molecule has 0 spiro atoms. The molecule has 188 valence electrons. The molecule has 0 heterocycles. The highest BCUT2D eigenvalue weighted by Crippen LogP contribution is 2.73. The highest BCUT2D eigenvalue weighted by molar-refractivity contribution is 5.35. The maximum atomic E-state index is 11.8. The van der Waals surface area contributed by atoms with Crippen LogP contribution in [0, 0.1) is 45.3 Å². The Morgan fingerprint density at radius 2 is 1.76 bits per heavy atom. The van der Waals surface area contributed by atoms with Crippen molar-refractivity contribution in [2.75, 3.05) is 0 Å². The van der Waals surface area contributed by atoms with Gasteiger partial charge >= 0.3 is 0 Å². The SMILES string of the molecule is CC(C)=C[C@@H](O)C[C@@H](C)[C@@H]1CC[C@]2(C)C3=CC[C@H]4C(C)(C)[C@H](O)CC[C@]4(C)[C@H]3[C@H](O)C[C@@]12C. The molecular formula is C30H50O3. The Kier molecular flexibility index (Phi) is 6.33. The summed E-state index contributed by atoms with van der Waals surface area (Å²) in [4.78, 5) is 0. The van der Waals surface area contributed by atoms with Crippen molar-refractivity contribution in [1.82, 2.24) is 0 Å². The molecular weight excluding hydrogens is 408 g/mol. The van der Waals surface area contributed by atoms with Crippen LogP contribution in [0.15, 0.2) is 23.3 Å². The zero-order valence-corrected chi connectivity index (χ0v) is 22.5. The Balaban J connectivity index is 1.68. The van der Waals surface area contributed by atoms with Crippen molar-refractivity contribution in [2.24, 2.45) is 45.3 Å². The lowest BCUT2D eigenvalue weighted by molar-refractivity contribution is -0.161. The van der Waals surface area contributed by atoms with Gasteiger partial charge in [-0.2, -0.15) is 0 Å². The second kappa shape index (κ2) is 8.20. The minimum atomic E-state index is -0.383. The summed E-state index contributed by atoms with van der Waals surface area (Å²) in [5.74, 6) is 1.53. The number of allylic oxidation sites excluding steroid dienone is 2. The van der Waals surface area contributed by atoms with Crippen LogP contribution >= 0.6 is 0 Å². The lowest BCUT2D eigenvalue weighted by Crippen LogP contribution is -2.61. The van der Waals surface area contributed by atoms with E-state index >= 15 is 0 Å². The fourth-order valence-corrected chi connectivity index (χ4v) is 9.73. The van der Waals surface area contributed by atoms with Gasteiger partial charge in [-0.15, -0.1) is 0 Å². The maximum Gasteiger partial charge on any atom is 0.0726 e. The van der Waals surface area contributed by atoms with Crippen LogP contribution in [0.2, 0.25) is 0 Å². The van der Waals surface area contributed by atoms with Gasteiger partial charge in [-0.25, -0.2) is 0 Å². The van der Waals surface area contributed by atoms with E-state index in [1.165, 1.54) is 24.0 Å². The Morgan fingerprint density at radius 3 is 2.39 bits per heavy atom. The molecule has 3 fully saturated rings. The lowest BCUT2D eigenvalue weighted by atomic mass is 9.40. The Morgan fingerprint density at radius 1 is 1.09 bits per heavy atom. The number of hydrogen-bond donors (Lipinski definition) is 3. The predicted octanol–water partition coefficient (Wildman–Crippen LogP) is 6.28. The summed E-state index contributed by atoms with van der Waals surface area (Å²) in [6.07, 6.45) is 10.4. The van der Waals surface area contributed by atoms with Crippen LogP contribution in [-0.4, -0.2) is 33.6 Å². The van der Waals surface area contributed by atoms with Crippen molar-refractivity contribution in [3.05, 3.63) is 23.3 Å². The van der Waals surface area contributed by atoms with Gasteiger partial charge < -0.3 is 15.3 Å². The second-order valence-electron chi connectivity index (χ2n) is 14.0. The first-order valence-electron chi connectivity index (χ1n) is 13.6. The molecule has 0 unspecified atom stereocenters. The standard InChI is InChI=1S/C30H50O3/c1-18(2)15-20(31)16-19(3)21-11-14-29(7)22-9-10-24-27(4,5)25(33)12-13-28(24,6)26(22)23(32)17-30(21,29)8/h9,15,19-21,23-26,31-33H,10-14,16-17H2,1-8H3/t19-,20-,21+,23-,24+,25-,26-,28+,29-,30+/m1/s1. The smallest absolute Gasteiger partial charge is 0.0726 e. The molecule has 0 radical (unpaired) electrons. The molecule has 4 rings (SSSR count). The van der Waals surface area contributed by atoms with Crippen LogP contribution in [0.1, 0.15) is 100 Å². The quantitative estimate of drug-likeness (QED) is 0.435. The topological polar surface area (TPSA) is 60.7 Å². The van der Waals surface area contributed by atoms with Gasteiger partial charge in [0, 0.05) is 5.92 Å². The minimum Gasteiger partial charge on any atom is -0.393 e. The summed E-state index contributed by atoms with van der Waals surface area (Å²) >= 11 is 0. The molecule has 0 bridgehead atoms. The van der Waals surface area contributed by atoms with E-state index in [1.54, 1.807) is 0 Å². The van der Waals surface area contributed by atoms with E-state index in [1.807, 2.05) is 6.08 Å². The van der Waals surface area contributed by atoms with Gasteiger partial charge in [0.05, 0.1) is 18.3 Å². The molecule has 0 aromatic heterocycles. The van der Waals surface area contributed by atoms with Crippen molar-refractivity contribution in [3.63, 3.8) is 0 Å². The molecule has 0 aromatic rings. The number of aliphatic hydroxyl groups is 3. The summed E-state index contributed by atoms with van der Waals surface area (Å²) in [6, 6.07) is 0. The van der Waals surface area contributed by atoms with E-state index in [0.717, 1.165) is 32.1 Å². The van der Waals surface area contributed by atoms with Gasteiger partial charge in [-0.1, -0.05) is 64.8 Å². The molecule has 3 nitrogen and oxygen atoms in total. The Labute approximate surface area is 202 Å². The molecule has 0 amide bonds. The lowest BCUT2D eigenvalue weighted by Gasteiger charge is -2.65. The van der Waals surface area contributed by atoms with Crippen LogP contribution in [0.3, 0.4) is 0 Å². The summed E-state index contributed by atoms with van der Waals surface area (Å²) in [5, 5.41) is 33.2. The molecule has 3 N–H and O–H groups in total. The van der Waals surface area contributed by atoms with E-state index in [-0.39, 0.29) is 45.9 Å². The molecule has 0 saturated heterocycles. The molecule has 33 heavy (non-hydrogen) atoms. The van der Waals surface area contributed by atoms with Crippen molar-refractivity contribution in [2.45, 2.75) is 119 Å². The zero-order chi connectivity index (χ0) is 24.6. The third-order valence-electron chi connectivity index (χ3n) is 11.6. The van der Waals surface area contributed by atoms with E-state index in [9.17, 15) is 15.3 Å². The molecule has 4 aliphatic rings. The number of hydrogen-bond acceptors (Lipinski definition) is 3. The van der Waals surface area contributed by atoms with Gasteiger partial charge in [0.15, 0.2) is 0 Å². The first kappa shape index (κ1) is 25.5. The van der Waals surface area contributed by atoms with Crippen LogP contribution in [-0.2, 0) is 0 Å². The molecule has 4 aliphatic carbocycles. The van der Waals surface area contributed by atoms with E-state index < -0.39 is 0 Å². The summed E-state index contributed by atoms with van der Waals surface area (Å²) in [6.45, 7) is 18.3. The van der Waals surface area contributed by atoms with Crippen molar-refractivity contribution < 1.29 is 15.3 Å². The van der Waals surface area contributed by atoms with Crippen molar-refractivity contribution in [3.8, 4) is 0 Å². The van der Waals surface area contributed by atoms with Crippen LogP contribution < -0.4 is 0 Å². The van der Waals surface area contributed by atoms with Crippen molar-refractivity contribution >= 4 is 0 Å². The summed E-state index contributed by atoms with van der Waals surface area (Å²) < 4.78 is 0. The second-order valence-corrected chi connectivity index (χ2v) is 14.0. The average molecular weight is 459 g/mol. The van der Waals surface area contributed by atoms with Crippen LogP contribution in [0.5, 0.6) is 0 Å².